The van der Waals surface area contributed by atoms with E-state index in [0.717, 1.165) is 30.0 Å². The van der Waals surface area contributed by atoms with E-state index in [1.165, 1.54) is 18.4 Å². The normalized spacial score (nSPS) is 19.3. The molecule has 1 amide bonds. The molecule has 31 heavy (non-hydrogen) atoms. The van der Waals surface area contributed by atoms with Crippen LogP contribution >= 0.6 is 0 Å². The standard InChI is InChI=1S/C22H27N7O2/c1-16-4-6-17(7-5-16)12-19(30)28-10-11-31-18(13-28)14-29-22-20(25-26-29)21(23-15-24-22)27-8-2-3-9-27/h4-7,15,18H,2-3,8-14H2,1H3/t18-/m1/s1. The average molecular weight is 422 g/mol. The number of ether oxygens (including phenoxy) is 1. The van der Waals surface area contributed by atoms with E-state index in [4.69, 9.17) is 4.74 Å². The van der Waals surface area contributed by atoms with Crippen LogP contribution in [0.25, 0.3) is 11.2 Å². The number of amides is 1. The predicted octanol–water partition coefficient (Wildman–Crippen LogP) is 1.60. The molecular formula is C22H27N7O2. The predicted molar refractivity (Wildman–Crippen MR) is 116 cm³/mol. The maximum atomic E-state index is 12.8. The van der Waals surface area contributed by atoms with E-state index in [1.807, 2.05) is 36.1 Å². The summed E-state index contributed by atoms with van der Waals surface area (Å²) in [7, 11) is 0. The summed E-state index contributed by atoms with van der Waals surface area (Å²) in [5.41, 5.74) is 3.67. The molecule has 2 aromatic heterocycles. The summed E-state index contributed by atoms with van der Waals surface area (Å²) in [4.78, 5) is 25.8. The van der Waals surface area contributed by atoms with Gasteiger partial charge in [0.2, 0.25) is 5.91 Å². The van der Waals surface area contributed by atoms with E-state index in [2.05, 4.69) is 25.2 Å². The van der Waals surface area contributed by atoms with Crippen LogP contribution in [0.3, 0.4) is 0 Å². The third-order valence-corrected chi connectivity index (χ3v) is 6.03. The van der Waals surface area contributed by atoms with Crippen molar-refractivity contribution in [2.75, 3.05) is 37.7 Å². The van der Waals surface area contributed by atoms with Crippen molar-refractivity contribution < 1.29 is 9.53 Å². The van der Waals surface area contributed by atoms with Crippen molar-refractivity contribution in [1.82, 2.24) is 29.9 Å². The molecule has 4 heterocycles. The van der Waals surface area contributed by atoms with Gasteiger partial charge in [-0.3, -0.25) is 4.79 Å². The highest BCUT2D eigenvalue weighted by molar-refractivity contribution is 5.82. The van der Waals surface area contributed by atoms with Gasteiger partial charge in [0.25, 0.3) is 0 Å². The van der Waals surface area contributed by atoms with Crippen LogP contribution in [-0.2, 0) is 22.5 Å². The van der Waals surface area contributed by atoms with Crippen molar-refractivity contribution in [1.29, 1.82) is 0 Å². The van der Waals surface area contributed by atoms with Gasteiger partial charge in [0, 0.05) is 26.2 Å². The molecule has 2 saturated heterocycles. The number of aryl methyl sites for hydroxylation is 1. The highest BCUT2D eigenvalue weighted by Gasteiger charge is 2.26. The Morgan fingerprint density at radius 2 is 1.94 bits per heavy atom. The maximum Gasteiger partial charge on any atom is 0.227 e. The fourth-order valence-corrected chi connectivity index (χ4v) is 4.30. The van der Waals surface area contributed by atoms with Gasteiger partial charge in [0.15, 0.2) is 17.0 Å². The maximum absolute atomic E-state index is 12.8. The Bertz CT molecular complexity index is 1060. The lowest BCUT2D eigenvalue weighted by Crippen LogP contribution is -2.47. The molecule has 9 nitrogen and oxygen atoms in total. The van der Waals surface area contributed by atoms with E-state index in [9.17, 15) is 4.79 Å². The lowest BCUT2D eigenvalue weighted by molar-refractivity contribution is -0.138. The number of carbonyl (C=O) groups is 1. The Balaban J connectivity index is 1.27. The highest BCUT2D eigenvalue weighted by Crippen LogP contribution is 2.24. The van der Waals surface area contributed by atoms with Gasteiger partial charge in [-0.05, 0) is 25.3 Å². The molecule has 0 radical (unpaired) electrons. The van der Waals surface area contributed by atoms with Crippen molar-refractivity contribution >= 4 is 22.9 Å². The van der Waals surface area contributed by atoms with Crippen LogP contribution in [0.2, 0.25) is 0 Å². The highest BCUT2D eigenvalue weighted by atomic mass is 16.5. The molecule has 2 fully saturated rings. The number of hydrogen-bond acceptors (Lipinski definition) is 7. The van der Waals surface area contributed by atoms with Gasteiger partial charge in [0.1, 0.15) is 6.33 Å². The average Bonchev–Trinajstić information content (AvgIpc) is 3.46. The molecule has 3 aromatic rings. The van der Waals surface area contributed by atoms with Crippen molar-refractivity contribution in [3.63, 3.8) is 0 Å². The number of rotatable bonds is 5. The molecule has 5 rings (SSSR count). The number of hydrogen-bond donors (Lipinski definition) is 0. The fourth-order valence-electron chi connectivity index (χ4n) is 4.30. The Morgan fingerprint density at radius 1 is 1.13 bits per heavy atom. The minimum Gasteiger partial charge on any atom is -0.373 e. The molecule has 0 bridgehead atoms. The topological polar surface area (TPSA) is 89.3 Å². The van der Waals surface area contributed by atoms with Crippen molar-refractivity contribution in [2.24, 2.45) is 0 Å². The van der Waals surface area contributed by atoms with Crippen molar-refractivity contribution in [3.05, 3.63) is 41.7 Å². The molecule has 0 aliphatic carbocycles. The van der Waals surface area contributed by atoms with Crippen LogP contribution in [0.5, 0.6) is 0 Å². The smallest absolute Gasteiger partial charge is 0.227 e. The number of anilines is 1. The molecule has 9 heteroatoms. The summed E-state index contributed by atoms with van der Waals surface area (Å²) in [6.45, 7) is 6.19. The summed E-state index contributed by atoms with van der Waals surface area (Å²) in [5, 5.41) is 8.68. The second-order valence-electron chi connectivity index (χ2n) is 8.33. The van der Waals surface area contributed by atoms with Gasteiger partial charge >= 0.3 is 0 Å². The van der Waals surface area contributed by atoms with Gasteiger partial charge in [-0.1, -0.05) is 35.0 Å². The molecule has 1 aromatic carbocycles. The zero-order chi connectivity index (χ0) is 21.2. The summed E-state index contributed by atoms with van der Waals surface area (Å²) in [6.07, 6.45) is 4.18. The third-order valence-electron chi connectivity index (χ3n) is 6.03. The molecule has 162 valence electrons. The molecule has 0 unspecified atom stereocenters. The quantitative estimate of drug-likeness (QED) is 0.618. The van der Waals surface area contributed by atoms with E-state index in [0.29, 0.717) is 38.3 Å². The molecule has 0 saturated carbocycles. The lowest BCUT2D eigenvalue weighted by Gasteiger charge is -2.33. The van der Waals surface area contributed by atoms with Crippen LogP contribution in [-0.4, -0.2) is 74.7 Å². The number of nitrogens with zero attached hydrogens (tertiary/aromatic N) is 7. The number of carbonyl (C=O) groups excluding carboxylic acids is 1. The van der Waals surface area contributed by atoms with Gasteiger partial charge in [-0.15, -0.1) is 5.10 Å². The van der Waals surface area contributed by atoms with E-state index < -0.39 is 0 Å². The first kappa shape index (κ1) is 19.9. The first-order valence-corrected chi connectivity index (χ1v) is 10.9. The Labute approximate surface area is 181 Å². The van der Waals surface area contributed by atoms with E-state index in [1.54, 1.807) is 11.0 Å². The summed E-state index contributed by atoms with van der Waals surface area (Å²) in [5.74, 6) is 0.979. The monoisotopic (exact) mass is 421 g/mol. The summed E-state index contributed by atoms with van der Waals surface area (Å²) in [6, 6.07) is 8.12. The summed E-state index contributed by atoms with van der Waals surface area (Å²) >= 11 is 0. The molecule has 1 atom stereocenters. The second kappa shape index (κ2) is 8.58. The number of morpholine rings is 1. The first-order valence-electron chi connectivity index (χ1n) is 10.9. The van der Waals surface area contributed by atoms with Crippen LogP contribution in [0, 0.1) is 6.92 Å². The fraction of sp³-hybridized carbons (Fsp3) is 0.500. The van der Waals surface area contributed by atoms with E-state index >= 15 is 0 Å². The third kappa shape index (κ3) is 4.23. The van der Waals surface area contributed by atoms with Crippen LogP contribution in [0.1, 0.15) is 24.0 Å². The van der Waals surface area contributed by atoms with Gasteiger partial charge in [-0.2, -0.15) is 0 Å². The minimum absolute atomic E-state index is 0.124. The zero-order valence-corrected chi connectivity index (χ0v) is 17.8. The first-order chi connectivity index (χ1) is 15.2. The van der Waals surface area contributed by atoms with Gasteiger partial charge in [-0.25, -0.2) is 14.6 Å². The van der Waals surface area contributed by atoms with Crippen LogP contribution in [0.4, 0.5) is 5.82 Å². The molecule has 2 aliphatic heterocycles. The van der Waals surface area contributed by atoms with Crippen LogP contribution in [0.15, 0.2) is 30.6 Å². The number of fused-ring (bicyclic) bond motifs is 1. The second-order valence-corrected chi connectivity index (χ2v) is 8.33. The lowest BCUT2D eigenvalue weighted by atomic mass is 10.1. The molecular weight excluding hydrogens is 394 g/mol. The number of benzene rings is 1. The van der Waals surface area contributed by atoms with Gasteiger partial charge in [0.05, 0.1) is 25.7 Å². The van der Waals surface area contributed by atoms with Crippen LogP contribution < -0.4 is 4.90 Å². The zero-order valence-electron chi connectivity index (χ0n) is 17.8. The largest absolute Gasteiger partial charge is 0.373 e. The SMILES string of the molecule is Cc1ccc(CC(=O)N2CCO[C@@H](Cn3nnc4c(N5CCCC5)ncnc43)C2)cc1. The van der Waals surface area contributed by atoms with Crippen molar-refractivity contribution in [3.8, 4) is 0 Å². The Morgan fingerprint density at radius 3 is 2.74 bits per heavy atom. The summed E-state index contributed by atoms with van der Waals surface area (Å²) < 4.78 is 7.71. The molecule has 2 aliphatic rings. The Hall–Kier alpha value is -3.07. The van der Waals surface area contributed by atoms with E-state index in [-0.39, 0.29) is 12.0 Å². The van der Waals surface area contributed by atoms with Gasteiger partial charge < -0.3 is 14.5 Å². The van der Waals surface area contributed by atoms with Crippen molar-refractivity contribution in [2.45, 2.75) is 38.8 Å². The molecule has 0 N–H and O–H groups in total. The minimum atomic E-state index is -0.147. The Kier molecular flexibility index (Phi) is 5.50. The number of aromatic nitrogens is 5. The molecule has 0 spiro atoms.